The first-order valence-electron chi connectivity index (χ1n) is 17.4. The number of likely N-dealkylation sites (N-methyl/N-ethyl adjacent to an activating group) is 1. The zero-order chi connectivity index (χ0) is 38.3. The van der Waals surface area contributed by atoms with E-state index in [9.17, 15) is 18.4 Å². The maximum Gasteiger partial charge on any atom is 0.288 e. The van der Waals surface area contributed by atoms with E-state index in [-0.39, 0.29) is 29.8 Å². The third kappa shape index (κ3) is 10.6. The number of aromatic nitrogens is 4. The molecule has 278 valence electrons. The number of nitrogens with zero attached hydrogens (tertiary/aromatic N) is 6. The molecule has 1 aliphatic heterocycles. The molecule has 0 radical (unpaired) electrons. The molecule has 1 fully saturated rings. The second-order valence-corrected chi connectivity index (χ2v) is 14.2. The van der Waals surface area contributed by atoms with Crippen LogP contribution in [0.25, 0.3) is 22.2 Å². The van der Waals surface area contributed by atoms with Crippen molar-refractivity contribution in [2.24, 2.45) is 16.9 Å². The topological polar surface area (TPSA) is 167 Å². The maximum absolute atomic E-state index is 14.0. The van der Waals surface area contributed by atoms with E-state index in [1.807, 2.05) is 67.7 Å². The summed E-state index contributed by atoms with van der Waals surface area (Å²) < 4.78 is 29.2. The summed E-state index contributed by atoms with van der Waals surface area (Å²) in [6, 6.07) is 16.8. The van der Waals surface area contributed by atoms with Crippen molar-refractivity contribution in [2.75, 3.05) is 13.6 Å². The van der Waals surface area contributed by atoms with Crippen molar-refractivity contribution in [1.82, 2.24) is 35.3 Å². The molecule has 0 spiro atoms. The highest BCUT2D eigenvalue weighted by atomic mass is 19.3. The third-order valence-electron chi connectivity index (χ3n) is 8.64. The minimum Gasteiger partial charge on any atom is -0.376 e. The Morgan fingerprint density at radius 3 is 2.51 bits per heavy atom. The van der Waals surface area contributed by atoms with Crippen molar-refractivity contribution in [3.05, 3.63) is 102 Å². The number of hydrogen-bond donors (Lipinski definition) is 4. The predicted octanol–water partition coefficient (Wildman–Crippen LogP) is 5.48. The van der Waals surface area contributed by atoms with Gasteiger partial charge in [0.25, 0.3) is 5.92 Å². The molecule has 2 aliphatic rings. The van der Waals surface area contributed by atoms with Gasteiger partial charge in [-0.3, -0.25) is 19.7 Å². The number of amides is 2. The number of hydrazone groups is 1. The van der Waals surface area contributed by atoms with Gasteiger partial charge in [-0.1, -0.05) is 42.5 Å². The molecule has 0 bridgehead atoms. The summed E-state index contributed by atoms with van der Waals surface area (Å²) in [4.78, 5) is 36.6. The molecule has 2 amide bonds. The second kappa shape index (κ2) is 16.3. The van der Waals surface area contributed by atoms with E-state index in [2.05, 4.69) is 55.1 Å². The lowest BCUT2D eigenvalue weighted by molar-refractivity contribution is -0.130. The van der Waals surface area contributed by atoms with Crippen molar-refractivity contribution in [3.8, 4) is 11.1 Å². The molecule has 4 heterocycles. The molecule has 1 unspecified atom stereocenters. The van der Waals surface area contributed by atoms with Crippen LogP contribution in [0.5, 0.6) is 0 Å². The predicted molar refractivity (Wildman–Crippen MR) is 202 cm³/mol. The number of nitrogens with two attached hydrogens (primary N) is 1. The Bertz CT molecular complexity index is 2050. The number of rotatable bonds is 12. The Morgan fingerprint density at radius 1 is 1.11 bits per heavy atom. The summed E-state index contributed by atoms with van der Waals surface area (Å²) in [5, 5.41) is 22.3. The van der Waals surface area contributed by atoms with E-state index in [4.69, 9.17) is 11.3 Å². The van der Waals surface area contributed by atoms with Gasteiger partial charge in [0.15, 0.2) is 5.65 Å². The van der Waals surface area contributed by atoms with Gasteiger partial charge in [0, 0.05) is 61.9 Å². The lowest BCUT2D eigenvalue weighted by atomic mass is 10.0. The molecule has 6 rings (SSSR count). The molecule has 53 heavy (non-hydrogen) atoms. The summed E-state index contributed by atoms with van der Waals surface area (Å²) in [6.45, 7) is 6.88. The third-order valence-corrected chi connectivity index (χ3v) is 8.64. The smallest absolute Gasteiger partial charge is 0.288 e. The number of aryl methyl sites for hydroxylation is 1. The van der Waals surface area contributed by atoms with Crippen LogP contribution in [0, 0.1) is 18.3 Å². The molecule has 1 saturated carbocycles. The van der Waals surface area contributed by atoms with E-state index in [1.165, 1.54) is 10.2 Å². The van der Waals surface area contributed by atoms with E-state index in [0.717, 1.165) is 66.5 Å². The highest BCUT2D eigenvalue weighted by molar-refractivity contribution is 6.36. The first-order chi connectivity index (χ1) is 25.1. The molecule has 1 aromatic carbocycles. The minimum absolute atomic E-state index is 0.0143. The zero-order valence-corrected chi connectivity index (χ0v) is 30.6. The number of carbonyl (C=O) groups excluding carboxylic acids is 2. The molecule has 12 nitrogen and oxygen atoms in total. The number of pyridine rings is 2. The van der Waals surface area contributed by atoms with Crippen molar-refractivity contribution in [2.45, 2.75) is 71.0 Å². The first-order valence-corrected chi connectivity index (χ1v) is 17.4. The zero-order valence-electron chi connectivity index (χ0n) is 30.6. The Balaban J connectivity index is 0.000000262. The lowest BCUT2D eigenvalue weighted by Crippen LogP contribution is -2.55. The summed E-state index contributed by atoms with van der Waals surface area (Å²) in [5.41, 5.74) is 3.43. The summed E-state index contributed by atoms with van der Waals surface area (Å²) in [5.74, 6) is 1.29. The largest absolute Gasteiger partial charge is 0.376 e. The molecule has 14 heteroatoms. The SMILES string of the molecule is CN1C=C(CC(NC(=O)C2CC2)C(=O)NC(C)(C)Cn2nc(C(C)(F)F)cc2C(=N)/C=N\N)C=CC1.Cc1ccc2cc(-c3ccccc3)cnc2n1. The Morgan fingerprint density at radius 2 is 1.85 bits per heavy atom. The Hall–Kier alpha value is -5.79. The highest BCUT2D eigenvalue weighted by Crippen LogP contribution is 2.30. The molecule has 3 aromatic heterocycles. The first kappa shape index (κ1) is 38.4. The van der Waals surface area contributed by atoms with Gasteiger partial charge < -0.3 is 21.4 Å². The average molecular weight is 725 g/mol. The van der Waals surface area contributed by atoms with Gasteiger partial charge in [0.2, 0.25) is 11.8 Å². The quantitative estimate of drug-likeness (QED) is 0.0853. The summed E-state index contributed by atoms with van der Waals surface area (Å²) in [6.07, 6.45) is 10.7. The van der Waals surface area contributed by atoms with Crippen molar-refractivity contribution in [1.29, 1.82) is 5.41 Å². The van der Waals surface area contributed by atoms with Gasteiger partial charge in [0.05, 0.1) is 29.7 Å². The second-order valence-electron chi connectivity index (χ2n) is 14.2. The molecule has 1 atom stereocenters. The fraction of sp³-hybridized carbons (Fsp3) is 0.359. The number of carbonyl (C=O) groups is 2. The van der Waals surface area contributed by atoms with E-state index in [0.29, 0.717) is 6.42 Å². The number of fused-ring (bicyclic) bond motifs is 1. The summed E-state index contributed by atoms with van der Waals surface area (Å²) in [7, 11) is 1.92. The Labute approximate surface area is 307 Å². The number of benzene rings is 1. The standard InChI is InChI=1S/C24H34F2N8O2.C15H12N2/c1-23(2,14-34-19(17(27)12-29-28)11-20(32-34)24(3,25)26)31-22(36)18(30-21(35)16-7-8-16)10-15-6-5-9-33(4)13-15;1-11-7-8-13-9-14(10-16-15(13)17-11)12-5-3-2-4-6-12/h5-6,11-13,16,18,27H,7-10,14,28H2,1-4H3,(H,30,35)(H,31,36);2-10H,1H3/b27-17?,29-12-;. The number of hydrogen-bond acceptors (Lipinski definition) is 9. The van der Waals surface area contributed by atoms with Gasteiger partial charge in [0.1, 0.15) is 11.7 Å². The van der Waals surface area contributed by atoms with E-state index in [1.54, 1.807) is 13.8 Å². The van der Waals surface area contributed by atoms with Gasteiger partial charge in [-0.15, -0.1) is 0 Å². The van der Waals surface area contributed by atoms with Crippen LogP contribution < -0.4 is 16.5 Å². The number of alkyl halides is 2. The lowest BCUT2D eigenvalue weighted by Gasteiger charge is -2.30. The number of nitrogens with one attached hydrogen (secondary N) is 3. The highest BCUT2D eigenvalue weighted by Gasteiger charge is 2.35. The van der Waals surface area contributed by atoms with Crippen LogP contribution >= 0.6 is 0 Å². The van der Waals surface area contributed by atoms with Crippen LogP contribution in [-0.2, 0) is 22.1 Å². The van der Waals surface area contributed by atoms with E-state index < -0.39 is 29.1 Å². The van der Waals surface area contributed by atoms with Crippen LogP contribution in [0.1, 0.15) is 57.1 Å². The average Bonchev–Trinajstić information content (AvgIpc) is 3.87. The van der Waals surface area contributed by atoms with Gasteiger partial charge in [-0.25, -0.2) is 9.97 Å². The van der Waals surface area contributed by atoms with Crippen LogP contribution in [0.15, 0.2) is 89.8 Å². The van der Waals surface area contributed by atoms with Crippen molar-refractivity contribution in [3.63, 3.8) is 0 Å². The fourth-order valence-corrected chi connectivity index (χ4v) is 5.79. The molecule has 4 aromatic rings. The van der Waals surface area contributed by atoms with Crippen LogP contribution in [-0.4, -0.2) is 73.6 Å². The molecular formula is C39H46F2N10O2. The van der Waals surface area contributed by atoms with Crippen LogP contribution in [0.2, 0.25) is 0 Å². The molecular weight excluding hydrogens is 678 g/mol. The maximum atomic E-state index is 14.0. The number of allylic oxidation sites excluding steroid dienone is 1. The van der Waals surface area contributed by atoms with Gasteiger partial charge in [-0.2, -0.15) is 19.0 Å². The van der Waals surface area contributed by atoms with Crippen LogP contribution in [0.4, 0.5) is 8.78 Å². The van der Waals surface area contributed by atoms with Crippen LogP contribution in [0.3, 0.4) is 0 Å². The van der Waals surface area contributed by atoms with Crippen molar-refractivity contribution < 1.29 is 18.4 Å². The Kier molecular flexibility index (Phi) is 11.8. The molecule has 5 N–H and O–H groups in total. The summed E-state index contributed by atoms with van der Waals surface area (Å²) >= 11 is 0. The van der Waals surface area contributed by atoms with E-state index >= 15 is 0 Å². The van der Waals surface area contributed by atoms with Gasteiger partial charge in [-0.05, 0) is 69.0 Å². The number of halogens is 2. The fourth-order valence-electron chi connectivity index (χ4n) is 5.79. The minimum atomic E-state index is -3.22. The van der Waals surface area contributed by atoms with Crippen molar-refractivity contribution >= 4 is 34.8 Å². The molecule has 1 aliphatic carbocycles. The molecule has 0 saturated heterocycles. The normalized spacial score (nSPS) is 15.1. The van der Waals surface area contributed by atoms with Gasteiger partial charge >= 0.3 is 0 Å². The monoisotopic (exact) mass is 724 g/mol.